The molecule has 0 aliphatic rings. The number of anilines is 2. The molecule has 2 heteroatoms. The van der Waals surface area contributed by atoms with E-state index in [1.54, 1.807) is 0 Å². The first-order chi connectivity index (χ1) is 10.3. The fourth-order valence-electron chi connectivity index (χ4n) is 2.68. The Morgan fingerprint density at radius 3 is 2.52 bits per heavy atom. The number of hydrogen-bond acceptors (Lipinski definition) is 2. The Morgan fingerprint density at radius 2 is 1.67 bits per heavy atom. The first kappa shape index (κ1) is 12.0. The van der Waals surface area contributed by atoms with Gasteiger partial charge in [0.2, 0.25) is 0 Å². The molecule has 3 aromatic carbocycles. The Morgan fingerprint density at radius 1 is 0.810 bits per heavy atom. The van der Waals surface area contributed by atoms with Crippen molar-refractivity contribution in [2.45, 2.75) is 6.92 Å². The minimum absolute atomic E-state index is 0.905. The number of para-hydroxylation sites is 2. The first-order valence-electron chi connectivity index (χ1n) is 7.05. The second kappa shape index (κ2) is 4.67. The van der Waals surface area contributed by atoms with Gasteiger partial charge in [0.25, 0.3) is 0 Å². The largest absolute Gasteiger partial charge is 0.454 e. The molecule has 0 fully saturated rings. The van der Waals surface area contributed by atoms with E-state index in [9.17, 15) is 0 Å². The summed E-state index contributed by atoms with van der Waals surface area (Å²) < 4.78 is 6.07. The smallest absolute Gasteiger partial charge is 0.158 e. The van der Waals surface area contributed by atoms with E-state index < -0.39 is 0 Å². The first-order valence-corrected chi connectivity index (χ1v) is 7.05. The Kier molecular flexibility index (Phi) is 2.68. The van der Waals surface area contributed by atoms with Crippen molar-refractivity contribution >= 4 is 33.3 Å². The van der Waals surface area contributed by atoms with Gasteiger partial charge in [-0.15, -0.1) is 0 Å². The van der Waals surface area contributed by atoms with Crippen molar-refractivity contribution in [2.75, 3.05) is 5.32 Å². The summed E-state index contributed by atoms with van der Waals surface area (Å²) in [6.07, 6.45) is 0. The lowest BCUT2D eigenvalue weighted by molar-refractivity contribution is 0.670. The van der Waals surface area contributed by atoms with Crippen LogP contribution < -0.4 is 5.32 Å². The number of benzene rings is 3. The maximum absolute atomic E-state index is 6.07. The third kappa shape index (κ3) is 2.05. The molecule has 0 aliphatic carbocycles. The van der Waals surface area contributed by atoms with Gasteiger partial charge in [-0.25, -0.2) is 0 Å². The van der Waals surface area contributed by atoms with Crippen molar-refractivity contribution < 1.29 is 4.42 Å². The maximum Gasteiger partial charge on any atom is 0.158 e. The summed E-state index contributed by atoms with van der Waals surface area (Å²) in [5, 5.41) is 5.73. The predicted molar refractivity (Wildman–Crippen MR) is 88.2 cm³/mol. The summed E-state index contributed by atoms with van der Waals surface area (Å²) in [5.41, 5.74) is 5.10. The summed E-state index contributed by atoms with van der Waals surface area (Å²) >= 11 is 0. The van der Waals surface area contributed by atoms with E-state index in [2.05, 4.69) is 42.6 Å². The van der Waals surface area contributed by atoms with Crippen LogP contribution in [0.15, 0.2) is 71.1 Å². The quantitative estimate of drug-likeness (QED) is 0.511. The summed E-state index contributed by atoms with van der Waals surface area (Å²) in [7, 11) is 0. The highest BCUT2D eigenvalue weighted by Gasteiger charge is 2.10. The molecular weight excluding hydrogens is 258 g/mol. The van der Waals surface area contributed by atoms with Crippen molar-refractivity contribution in [2.24, 2.45) is 0 Å². The van der Waals surface area contributed by atoms with Crippen LogP contribution in [0, 0.1) is 6.92 Å². The normalized spacial score (nSPS) is 11.1. The number of fused-ring (bicyclic) bond motifs is 3. The van der Waals surface area contributed by atoms with Crippen LogP contribution in [0.25, 0.3) is 21.9 Å². The molecule has 0 atom stereocenters. The minimum Gasteiger partial charge on any atom is -0.454 e. The van der Waals surface area contributed by atoms with Gasteiger partial charge in [-0.05, 0) is 36.8 Å². The molecule has 2 nitrogen and oxygen atoms in total. The van der Waals surface area contributed by atoms with Gasteiger partial charge < -0.3 is 9.73 Å². The molecule has 0 aliphatic heterocycles. The van der Waals surface area contributed by atoms with E-state index in [0.29, 0.717) is 0 Å². The molecule has 0 spiro atoms. The van der Waals surface area contributed by atoms with Crippen LogP contribution in [-0.2, 0) is 0 Å². The van der Waals surface area contributed by atoms with Gasteiger partial charge in [0.1, 0.15) is 5.58 Å². The van der Waals surface area contributed by atoms with Crippen LogP contribution in [0.2, 0.25) is 0 Å². The molecule has 1 N–H and O–H groups in total. The third-order valence-electron chi connectivity index (χ3n) is 3.71. The summed E-state index contributed by atoms with van der Waals surface area (Å²) in [4.78, 5) is 0. The van der Waals surface area contributed by atoms with Crippen molar-refractivity contribution in [1.29, 1.82) is 0 Å². The molecule has 1 aromatic heterocycles. The van der Waals surface area contributed by atoms with Gasteiger partial charge in [0.15, 0.2) is 5.58 Å². The monoisotopic (exact) mass is 273 g/mol. The maximum atomic E-state index is 6.07. The zero-order valence-corrected chi connectivity index (χ0v) is 11.8. The van der Waals surface area contributed by atoms with Crippen LogP contribution in [0.5, 0.6) is 0 Å². The highest BCUT2D eigenvalue weighted by molar-refractivity contribution is 6.09. The fraction of sp³-hybridized carbons (Fsp3) is 0.0526. The Balaban J connectivity index is 1.91. The van der Waals surface area contributed by atoms with Crippen LogP contribution >= 0.6 is 0 Å². The van der Waals surface area contributed by atoms with Crippen LogP contribution in [0.3, 0.4) is 0 Å². The second-order valence-corrected chi connectivity index (χ2v) is 5.27. The van der Waals surface area contributed by atoms with Gasteiger partial charge in [0, 0.05) is 16.5 Å². The summed E-state index contributed by atoms with van der Waals surface area (Å²) in [5.74, 6) is 0. The molecule has 0 amide bonds. The van der Waals surface area contributed by atoms with Crippen molar-refractivity contribution in [3.8, 4) is 0 Å². The molecule has 4 aromatic rings. The molecule has 0 saturated heterocycles. The molecule has 21 heavy (non-hydrogen) atoms. The Labute approximate surface area is 123 Å². The van der Waals surface area contributed by atoms with Crippen molar-refractivity contribution in [3.05, 3.63) is 72.3 Å². The molecule has 0 radical (unpaired) electrons. The van der Waals surface area contributed by atoms with E-state index in [1.807, 2.05) is 36.4 Å². The van der Waals surface area contributed by atoms with Crippen molar-refractivity contribution in [1.82, 2.24) is 0 Å². The predicted octanol–water partition coefficient (Wildman–Crippen LogP) is 5.64. The number of aryl methyl sites for hydroxylation is 1. The van der Waals surface area contributed by atoms with Gasteiger partial charge in [-0.2, -0.15) is 0 Å². The van der Waals surface area contributed by atoms with E-state index in [4.69, 9.17) is 4.42 Å². The molecule has 4 rings (SSSR count). The standard InChI is InChI=1S/C19H15NO/c1-13-10-11-15-16-8-5-9-17(19(16)21-18(15)12-13)20-14-6-3-2-4-7-14/h2-12,20H,1H3. The zero-order valence-electron chi connectivity index (χ0n) is 11.8. The third-order valence-corrected chi connectivity index (χ3v) is 3.71. The molecule has 102 valence electrons. The molecule has 0 unspecified atom stereocenters. The van der Waals surface area contributed by atoms with E-state index >= 15 is 0 Å². The van der Waals surface area contributed by atoms with Gasteiger partial charge in [0.05, 0.1) is 5.69 Å². The molecular formula is C19H15NO. The van der Waals surface area contributed by atoms with E-state index in [-0.39, 0.29) is 0 Å². The van der Waals surface area contributed by atoms with Crippen LogP contribution in [-0.4, -0.2) is 0 Å². The SMILES string of the molecule is Cc1ccc2c(c1)oc1c(Nc3ccccc3)cccc12. The summed E-state index contributed by atoms with van der Waals surface area (Å²) in [6, 6.07) is 22.7. The zero-order chi connectivity index (χ0) is 14.2. The van der Waals surface area contributed by atoms with Gasteiger partial charge in [-0.1, -0.05) is 42.5 Å². The fourth-order valence-corrected chi connectivity index (χ4v) is 2.68. The lowest BCUT2D eigenvalue weighted by atomic mass is 10.1. The van der Waals surface area contributed by atoms with Crippen LogP contribution in [0.4, 0.5) is 11.4 Å². The van der Waals surface area contributed by atoms with E-state index in [0.717, 1.165) is 33.3 Å². The number of rotatable bonds is 2. The minimum atomic E-state index is 0.905. The average molecular weight is 273 g/mol. The highest BCUT2D eigenvalue weighted by Crippen LogP contribution is 2.34. The number of furan rings is 1. The molecule has 0 bridgehead atoms. The number of nitrogens with one attached hydrogen (secondary N) is 1. The number of hydrogen-bond donors (Lipinski definition) is 1. The average Bonchev–Trinajstić information content (AvgIpc) is 2.87. The lowest BCUT2D eigenvalue weighted by Crippen LogP contribution is -1.89. The highest BCUT2D eigenvalue weighted by atomic mass is 16.3. The summed E-state index contributed by atoms with van der Waals surface area (Å²) in [6.45, 7) is 2.08. The second-order valence-electron chi connectivity index (χ2n) is 5.27. The van der Waals surface area contributed by atoms with Crippen molar-refractivity contribution in [3.63, 3.8) is 0 Å². The van der Waals surface area contributed by atoms with E-state index in [1.165, 1.54) is 5.56 Å². The molecule has 1 heterocycles. The van der Waals surface area contributed by atoms with Gasteiger partial charge >= 0.3 is 0 Å². The lowest BCUT2D eigenvalue weighted by Gasteiger charge is -2.06. The van der Waals surface area contributed by atoms with Gasteiger partial charge in [-0.3, -0.25) is 0 Å². The molecule has 0 saturated carbocycles. The Hall–Kier alpha value is -2.74. The van der Waals surface area contributed by atoms with Crippen LogP contribution in [0.1, 0.15) is 5.56 Å². The topological polar surface area (TPSA) is 25.2 Å². The Bertz CT molecular complexity index is 922.